The fraction of sp³-hybridized carbons (Fsp3) is 0.250. The predicted molar refractivity (Wildman–Crippen MR) is 62.4 cm³/mol. The van der Waals surface area contributed by atoms with Gasteiger partial charge in [0.2, 0.25) is 5.89 Å². The maximum Gasteiger partial charge on any atom is 0.223 e. The Morgan fingerprint density at radius 2 is 2.24 bits per heavy atom. The normalized spacial score (nSPS) is 9.88. The summed E-state index contributed by atoms with van der Waals surface area (Å²) in [5.74, 6) is 1.24. The molecule has 5 nitrogen and oxygen atoms in total. The van der Waals surface area contributed by atoms with E-state index in [2.05, 4.69) is 21.5 Å². The molecule has 1 aromatic carbocycles. The number of nitrogens with zero attached hydrogens (tertiary/aromatic N) is 3. The van der Waals surface area contributed by atoms with Crippen molar-refractivity contribution in [2.45, 2.75) is 13.3 Å². The standard InChI is InChI=1S/C12H12N4O/c1-9-15-12(16-17-9)6-7-14-11-5-3-2-4-10(11)8-13/h2-5,14H,6-7H2,1H3. The first-order valence-electron chi connectivity index (χ1n) is 5.32. The molecule has 0 aliphatic carbocycles. The number of nitrogens with one attached hydrogen (secondary N) is 1. The molecule has 2 rings (SSSR count). The zero-order valence-electron chi connectivity index (χ0n) is 9.47. The van der Waals surface area contributed by atoms with Crippen LogP contribution in [-0.4, -0.2) is 16.7 Å². The van der Waals surface area contributed by atoms with Crippen LogP contribution in [0.3, 0.4) is 0 Å². The number of rotatable bonds is 4. The highest BCUT2D eigenvalue weighted by molar-refractivity contribution is 5.57. The van der Waals surface area contributed by atoms with Crippen molar-refractivity contribution in [1.29, 1.82) is 5.26 Å². The summed E-state index contributed by atoms with van der Waals surface area (Å²) < 4.78 is 4.87. The first kappa shape index (κ1) is 11.1. The van der Waals surface area contributed by atoms with Gasteiger partial charge in [0.15, 0.2) is 5.82 Å². The van der Waals surface area contributed by atoms with Crippen LogP contribution in [-0.2, 0) is 6.42 Å². The van der Waals surface area contributed by atoms with Crippen molar-refractivity contribution in [2.24, 2.45) is 0 Å². The zero-order valence-corrected chi connectivity index (χ0v) is 9.47. The fourth-order valence-corrected chi connectivity index (χ4v) is 1.49. The van der Waals surface area contributed by atoms with Gasteiger partial charge in [-0.15, -0.1) is 0 Å². The molecule has 0 saturated heterocycles. The number of hydrogen-bond acceptors (Lipinski definition) is 5. The lowest BCUT2D eigenvalue weighted by molar-refractivity contribution is 0.387. The van der Waals surface area contributed by atoms with Crippen LogP contribution < -0.4 is 5.32 Å². The van der Waals surface area contributed by atoms with Crippen LogP contribution in [0.15, 0.2) is 28.8 Å². The Kier molecular flexibility index (Phi) is 3.36. The van der Waals surface area contributed by atoms with Crippen molar-refractivity contribution in [3.05, 3.63) is 41.5 Å². The summed E-state index contributed by atoms with van der Waals surface area (Å²) in [5, 5.41) is 15.9. The molecule has 0 saturated carbocycles. The van der Waals surface area contributed by atoms with Gasteiger partial charge in [0.05, 0.1) is 11.3 Å². The van der Waals surface area contributed by atoms with E-state index in [9.17, 15) is 0 Å². The van der Waals surface area contributed by atoms with Gasteiger partial charge in [-0.1, -0.05) is 17.3 Å². The summed E-state index contributed by atoms with van der Waals surface area (Å²) in [7, 11) is 0. The van der Waals surface area contributed by atoms with Crippen LogP contribution >= 0.6 is 0 Å². The molecule has 2 aromatic rings. The Hall–Kier alpha value is -2.35. The van der Waals surface area contributed by atoms with Gasteiger partial charge in [-0.2, -0.15) is 10.2 Å². The van der Waals surface area contributed by atoms with Gasteiger partial charge in [-0.3, -0.25) is 0 Å². The van der Waals surface area contributed by atoms with Gasteiger partial charge in [0.1, 0.15) is 6.07 Å². The lowest BCUT2D eigenvalue weighted by Crippen LogP contribution is -2.07. The molecule has 1 N–H and O–H groups in total. The van der Waals surface area contributed by atoms with Crippen molar-refractivity contribution in [2.75, 3.05) is 11.9 Å². The van der Waals surface area contributed by atoms with Crippen molar-refractivity contribution >= 4 is 5.69 Å². The molecule has 0 spiro atoms. The first-order chi connectivity index (χ1) is 8.29. The molecule has 17 heavy (non-hydrogen) atoms. The van der Waals surface area contributed by atoms with Crippen LogP contribution in [0, 0.1) is 18.3 Å². The number of benzene rings is 1. The maximum atomic E-state index is 8.91. The number of aryl methyl sites for hydroxylation is 1. The smallest absolute Gasteiger partial charge is 0.223 e. The van der Waals surface area contributed by atoms with Gasteiger partial charge in [0.25, 0.3) is 0 Å². The molecule has 0 amide bonds. The summed E-state index contributed by atoms with van der Waals surface area (Å²) in [5.41, 5.74) is 1.46. The number of nitriles is 1. The molecule has 1 aromatic heterocycles. The van der Waals surface area contributed by atoms with Crippen LogP contribution in [0.25, 0.3) is 0 Å². The van der Waals surface area contributed by atoms with E-state index < -0.39 is 0 Å². The molecule has 0 bridgehead atoms. The highest BCUT2D eigenvalue weighted by atomic mass is 16.5. The van der Waals surface area contributed by atoms with E-state index in [0.717, 1.165) is 5.69 Å². The summed E-state index contributed by atoms with van der Waals surface area (Å²) in [6, 6.07) is 9.52. The first-order valence-corrected chi connectivity index (χ1v) is 5.32. The minimum Gasteiger partial charge on any atom is -0.384 e. The molecule has 0 atom stereocenters. The van der Waals surface area contributed by atoms with Crippen molar-refractivity contribution in [3.8, 4) is 6.07 Å². The van der Waals surface area contributed by atoms with Gasteiger partial charge in [-0.25, -0.2) is 0 Å². The van der Waals surface area contributed by atoms with Crippen molar-refractivity contribution < 1.29 is 4.52 Å². The van der Waals surface area contributed by atoms with Gasteiger partial charge < -0.3 is 9.84 Å². The molecule has 0 unspecified atom stereocenters. The van der Waals surface area contributed by atoms with Crippen molar-refractivity contribution in [3.63, 3.8) is 0 Å². The largest absolute Gasteiger partial charge is 0.384 e. The average molecular weight is 228 g/mol. The van der Waals surface area contributed by atoms with E-state index >= 15 is 0 Å². The second kappa shape index (κ2) is 5.12. The summed E-state index contributed by atoms with van der Waals surface area (Å²) in [6.45, 7) is 2.42. The lowest BCUT2D eigenvalue weighted by atomic mass is 10.2. The Balaban J connectivity index is 1.92. The number of para-hydroxylation sites is 1. The van der Waals surface area contributed by atoms with Crippen LogP contribution in [0.1, 0.15) is 17.3 Å². The third-order valence-electron chi connectivity index (χ3n) is 2.28. The quantitative estimate of drug-likeness (QED) is 0.865. The lowest BCUT2D eigenvalue weighted by Gasteiger charge is -2.05. The molecule has 0 aliphatic rings. The van der Waals surface area contributed by atoms with Crippen LogP contribution in [0.5, 0.6) is 0 Å². The van der Waals surface area contributed by atoms with E-state index in [0.29, 0.717) is 30.2 Å². The molecule has 0 fully saturated rings. The second-order valence-electron chi connectivity index (χ2n) is 3.56. The fourth-order valence-electron chi connectivity index (χ4n) is 1.49. The molecule has 5 heteroatoms. The van der Waals surface area contributed by atoms with E-state index in [4.69, 9.17) is 9.78 Å². The monoisotopic (exact) mass is 228 g/mol. The molecule has 0 radical (unpaired) electrons. The van der Waals surface area contributed by atoms with Gasteiger partial charge in [-0.05, 0) is 12.1 Å². The Morgan fingerprint density at radius 3 is 2.94 bits per heavy atom. The van der Waals surface area contributed by atoms with Crippen LogP contribution in [0.2, 0.25) is 0 Å². The minimum atomic E-state index is 0.567. The summed E-state index contributed by atoms with van der Waals surface area (Å²) in [4.78, 5) is 4.10. The maximum absolute atomic E-state index is 8.91. The topological polar surface area (TPSA) is 74.7 Å². The molecule has 0 aliphatic heterocycles. The van der Waals surface area contributed by atoms with E-state index in [1.165, 1.54) is 0 Å². The van der Waals surface area contributed by atoms with Gasteiger partial charge in [0, 0.05) is 19.9 Å². The highest BCUT2D eigenvalue weighted by Crippen LogP contribution is 2.13. The van der Waals surface area contributed by atoms with Gasteiger partial charge >= 0.3 is 0 Å². The molecule has 1 heterocycles. The zero-order chi connectivity index (χ0) is 12.1. The number of aromatic nitrogens is 2. The Morgan fingerprint density at radius 1 is 1.41 bits per heavy atom. The third kappa shape index (κ3) is 2.82. The Bertz CT molecular complexity index is 541. The average Bonchev–Trinajstić information content (AvgIpc) is 2.76. The summed E-state index contributed by atoms with van der Waals surface area (Å²) in [6.07, 6.45) is 0.664. The highest BCUT2D eigenvalue weighted by Gasteiger charge is 2.03. The minimum absolute atomic E-state index is 0.567. The molecule has 86 valence electrons. The third-order valence-corrected chi connectivity index (χ3v) is 2.28. The summed E-state index contributed by atoms with van der Waals surface area (Å²) >= 11 is 0. The second-order valence-corrected chi connectivity index (χ2v) is 3.56. The molecular weight excluding hydrogens is 216 g/mol. The van der Waals surface area contributed by atoms with E-state index in [1.807, 2.05) is 18.2 Å². The van der Waals surface area contributed by atoms with Crippen molar-refractivity contribution in [1.82, 2.24) is 10.1 Å². The van der Waals surface area contributed by atoms with Crippen LogP contribution in [0.4, 0.5) is 5.69 Å². The predicted octanol–water partition coefficient (Wildman–Crippen LogP) is 1.90. The number of anilines is 1. The Labute approximate surface area is 99.1 Å². The van der Waals surface area contributed by atoms with E-state index in [-0.39, 0.29) is 0 Å². The molecular formula is C12H12N4O. The number of hydrogen-bond donors (Lipinski definition) is 1. The SMILES string of the molecule is Cc1nc(CCNc2ccccc2C#N)no1. The van der Waals surface area contributed by atoms with E-state index in [1.54, 1.807) is 13.0 Å².